The van der Waals surface area contributed by atoms with E-state index in [0.29, 0.717) is 12.1 Å². The first-order valence-corrected chi connectivity index (χ1v) is 10.3. The largest absolute Gasteiger partial charge is 0.507 e. The zero-order valence-electron chi connectivity index (χ0n) is 16.3. The van der Waals surface area contributed by atoms with Crippen molar-refractivity contribution < 1.29 is 14.7 Å². The Kier molecular flexibility index (Phi) is 6.04. The normalized spacial score (nSPS) is 18.7. The van der Waals surface area contributed by atoms with Gasteiger partial charge in [-0.3, -0.25) is 9.59 Å². The molecule has 2 aromatic carbocycles. The van der Waals surface area contributed by atoms with E-state index in [1.54, 1.807) is 11.0 Å². The van der Waals surface area contributed by atoms with Gasteiger partial charge in [0.1, 0.15) is 5.76 Å². The molecule has 0 bridgehead atoms. The highest BCUT2D eigenvalue weighted by atomic mass is 79.9. The second kappa shape index (κ2) is 8.31. The van der Waals surface area contributed by atoms with Crippen LogP contribution in [0, 0.1) is 6.92 Å². The Balaban J connectivity index is 2.17. The van der Waals surface area contributed by atoms with Gasteiger partial charge in [0.25, 0.3) is 11.7 Å². The molecule has 0 aromatic heterocycles. The number of carbonyl (C=O) groups is 2. The highest BCUT2D eigenvalue weighted by Crippen LogP contribution is 2.39. The lowest BCUT2D eigenvalue weighted by Gasteiger charge is -2.25. The van der Waals surface area contributed by atoms with Gasteiger partial charge in [0.2, 0.25) is 0 Å². The third-order valence-corrected chi connectivity index (χ3v) is 6.03. The zero-order valence-corrected chi connectivity index (χ0v) is 17.9. The predicted molar refractivity (Wildman–Crippen MR) is 114 cm³/mol. The summed E-state index contributed by atoms with van der Waals surface area (Å²) in [6.07, 6.45) is 1.64. The number of benzene rings is 2. The molecular formula is C23H24BrNO3. The van der Waals surface area contributed by atoms with Gasteiger partial charge in [0.05, 0.1) is 11.6 Å². The van der Waals surface area contributed by atoms with Gasteiger partial charge in [0.15, 0.2) is 0 Å². The maximum Gasteiger partial charge on any atom is 0.295 e. The third kappa shape index (κ3) is 3.63. The van der Waals surface area contributed by atoms with Gasteiger partial charge < -0.3 is 10.0 Å². The fourth-order valence-corrected chi connectivity index (χ4v) is 3.83. The summed E-state index contributed by atoms with van der Waals surface area (Å²) in [5, 5.41) is 11.0. The highest BCUT2D eigenvalue weighted by molar-refractivity contribution is 9.10. The van der Waals surface area contributed by atoms with Crippen molar-refractivity contribution in [2.75, 3.05) is 6.54 Å². The first-order chi connectivity index (χ1) is 13.4. The zero-order chi connectivity index (χ0) is 20.4. The Morgan fingerprint density at radius 2 is 1.79 bits per heavy atom. The van der Waals surface area contributed by atoms with E-state index >= 15 is 0 Å². The molecule has 28 heavy (non-hydrogen) atoms. The minimum absolute atomic E-state index is 0.128. The molecule has 1 amide bonds. The molecule has 1 N–H and O–H groups in total. The minimum atomic E-state index is -0.629. The Bertz CT molecular complexity index is 947. The van der Waals surface area contributed by atoms with Crippen molar-refractivity contribution in [3.05, 3.63) is 74.8 Å². The Hall–Kier alpha value is -2.40. The van der Waals surface area contributed by atoms with Gasteiger partial charge in [-0.05, 0) is 48.6 Å². The molecule has 1 aliphatic heterocycles. The van der Waals surface area contributed by atoms with E-state index < -0.39 is 17.7 Å². The summed E-state index contributed by atoms with van der Waals surface area (Å²) in [5.41, 5.74) is 3.64. The lowest BCUT2D eigenvalue weighted by Crippen LogP contribution is -2.30. The van der Waals surface area contributed by atoms with E-state index in [1.807, 2.05) is 50.2 Å². The Labute approximate surface area is 174 Å². The number of aryl methyl sites for hydroxylation is 2. The van der Waals surface area contributed by atoms with E-state index in [2.05, 4.69) is 22.9 Å². The standard InChI is InChI=1S/C23H24BrNO3/c1-4-12-25-20(16-8-6-15(5-2)7-9-16)19(22(27)23(25)28)21(26)17-10-11-18(24)14(3)13-17/h6-11,13,20,26H,4-5,12H2,1-3H3/b21-19-. The van der Waals surface area contributed by atoms with Gasteiger partial charge >= 0.3 is 0 Å². The third-order valence-electron chi connectivity index (χ3n) is 5.14. The second-order valence-electron chi connectivity index (χ2n) is 7.05. The van der Waals surface area contributed by atoms with Crippen LogP contribution in [0.3, 0.4) is 0 Å². The van der Waals surface area contributed by atoms with Crippen molar-refractivity contribution in [3.8, 4) is 0 Å². The first-order valence-electron chi connectivity index (χ1n) is 9.52. The monoisotopic (exact) mass is 441 g/mol. The lowest BCUT2D eigenvalue weighted by molar-refractivity contribution is -0.139. The second-order valence-corrected chi connectivity index (χ2v) is 7.91. The first kappa shape index (κ1) is 20.3. The molecule has 1 saturated heterocycles. The molecular weight excluding hydrogens is 418 g/mol. The molecule has 0 saturated carbocycles. The Morgan fingerprint density at radius 3 is 2.36 bits per heavy atom. The number of amides is 1. The molecule has 3 rings (SSSR count). The van der Waals surface area contributed by atoms with Gasteiger partial charge in [-0.1, -0.05) is 60.1 Å². The molecule has 146 valence electrons. The molecule has 2 aromatic rings. The SMILES string of the molecule is CCCN1C(=O)C(=O)/C(=C(\O)c2ccc(Br)c(C)c2)C1c1ccc(CC)cc1. The summed E-state index contributed by atoms with van der Waals surface area (Å²) in [5.74, 6) is -1.31. The van der Waals surface area contributed by atoms with E-state index in [9.17, 15) is 14.7 Å². The maximum absolute atomic E-state index is 12.8. The summed E-state index contributed by atoms with van der Waals surface area (Å²) in [6, 6.07) is 12.7. The smallest absolute Gasteiger partial charge is 0.295 e. The van der Waals surface area contributed by atoms with Crippen LogP contribution in [0.1, 0.15) is 48.6 Å². The summed E-state index contributed by atoms with van der Waals surface area (Å²) in [6.45, 7) is 6.42. The molecule has 5 heteroatoms. The van der Waals surface area contributed by atoms with Crippen molar-refractivity contribution in [3.63, 3.8) is 0 Å². The van der Waals surface area contributed by atoms with Crippen molar-refractivity contribution in [2.24, 2.45) is 0 Å². The number of hydrogen-bond donors (Lipinski definition) is 1. The predicted octanol–water partition coefficient (Wildman–Crippen LogP) is 5.15. The summed E-state index contributed by atoms with van der Waals surface area (Å²) in [4.78, 5) is 27.1. The molecule has 0 aliphatic carbocycles. The topological polar surface area (TPSA) is 57.6 Å². The fourth-order valence-electron chi connectivity index (χ4n) is 3.58. The quantitative estimate of drug-likeness (QED) is 0.396. The van der Waals surface area contributed by atoms with Crippen LogP contribution in [-0.4, -0.2) is 28.2 Å². The molecule has 1 atom stereocenters. The van der Waals surface area contributed by atoms with Crippen molar-refractivity contribution >= 4 is 33.4 Å². The average Bonchev–Trinajstić information content (AvgIpc) is 2.95. The van der Waals surface area contributed by atoms with Crippen LogP contribution in [0.4, 0.5) is 0 Å². The molecule has 4 nitrogen and oxygen atoms in total. The number of likely N-dealkylation sites (tertiary alicyclic amines) is 1. The molecule has 1 heterocycles. The number of Topliss-reactive ketones (excluding diaryl/α,β-unsaturated/α-hetero) is 1. The van der Waals surface area contributed by atoms with E-state index in [4.69, 9.17) is 0 Å². The number of rotatable bonds is 5. The number of aliphatic hydroxyl groups is 1. The molecule has 1 aliphatic rings. The number of aliphatic hydroxyl groups excluding tert-OH is 1. The van der Waals surface area contributed by atoms with Crippen molar-refractivity contribution in [2.45, 2.75) is 39.7 Å². The molecule has 0 spiro atoms. The molecule has 0 radical (unpaired) electrons. The van der Waals surface area contributed by atoms with Crippen LogP contribution in [0.5, 0.6) is 0 Å². The summed E-state index contributed by atoms with van der Waals surface area (Å²) >= 11 is 3.45. The molecule has 1 unspecified atom stereocenters. The highest BCUT2D eigenvalue weighted by Gasteiger charge is 2.45. The van der Waals surface area contributed by atoms with Crippen molar-refractivity contribution in [1.29, 1.82) is 0 Å². The van der Waals surface area contributed by atoms with Crippen LogP contribution in [0.25, 0.3) is 5.76 Å². The number of carbonyl (C=O) groups excluding carboxylic acids is 2. The Morgan fingerprint density at radius 1 is 1.11 bits per heavy atom. The van der Waals surface area contributed by atoms with Crippen LogP contribution in [0.2, 0.25) is 0 Å². The minimum Gasteiger partial charge on any atom is -0.507 e. The average molecular weight is 442 g/mol. The van der Waals surface area contributed by atoms with Gasteiger partial charge in [-0.15, -0.1) is 0 Å². The number of halogens is 1. The lowest BCUT2D eigenvalue weighted by atomic mass is 9.94. The van der Waals surface area contributed by atoms with Crippen LogP contribution in [0.15, 0.2) is 52.5 Å². The van der Waals surface area contributed by atoms with E-state index in [0.717, 1.165) is 28.4 Å². The van der Waals surface area contributed by atoms with Gasteiger partial charge in [-0.25, -0.2) is 0 Å². The summed E-state index contributed by atoms with van der Waals surface area (Å²) < 4.78 is 0.919. The number of nitrogens with zero attached hydrogens (tertiary/aromatic N) is 1. The number of hydrogen-bond acceptors (Lipinski definition) is 3. The van der Waals surface area contributed by atoms with E-state index in [-0.39, 0.29) is 11.3 Å². The maximum atomic E-state index is 12.8. The van der Waals surface area contributed by atoms with Crippen LogP contribution in [-0.2, 0) is 16.0 Å². The van der Waals surface area contributed by atoms with Gasteiger partial charge in [0, 0.05) is 16.6 Å². The number of ketones is 1. The molecule has 1 fully saturated rings. The van der Waals surface area contributed by atoms with Crippen LogP contribution >= 0.6 is 15.9 Å². The summed E-state index contributed by atoms with van der Waals surface area (Å²) in [7, 11) is 0. The fraction of sp³-hybridized carbons (Fsp3) is 0.304. The van der Waals surface area contributed by atoms with Crippen molar-refractivity contribution in [1.82, 2.24) is 4.90 Å². The van der Waals surface area contributed by atoms with E-state index in [1.165, 1.54) is 5.56 Å². The van der Waals surface area contributed by atoms with Crippen LogP contribution < -0.4 is 0 Å². The van der Waals surface area contributed by atoms with Gasteiger partial charge in [-0.2, -0.15) is 0 Å².